The summed E-state index contributed by atoms with van der Waals surface area (Å²) in [6, 6.07) is 9.81. The zero-order valence-corrected chi connectivity index (χ0v) is 19.5. The largest absolute Gasteiger partial charge is 0.454 e. The van der Waals surface area contributed by atoms with E-state index in [0.29, 0.717) is 34.3 Å². The Morgan fingerprint density at radius 3 is 2.62 bits per heavy atom. The Morgan fingerprint density at radius 1 is 1.22 bits per heavy atom. The van der Waals surface area contributed by atoms with E-state index in [2.05, 4.69) is 9.97 Å². The van der Waals surface area contributed by atoms with Crippen molar-refractivity contribution in [2.24, 2.45) is 17.3 Å². The van der Waals surface area contributed by atoms with E-state index >= 15 is 0 Å². The molecule has 7 heteroatoms. The summed E-state index contributed by atoms with van der Waals surface area (Å²) in [6.45, 7) is 1.78. The van der Waals surface area contributed by atoms with E-state index in [4.69, 9.17) is 16.3 Å². The van der Waals surface area contributed by atoms with Gasteiger partial charge in [-0.3, -0.25) is 9.59 Å². The molecule has 2 heterocycles. The molecule has 4 aliphatic rings. The van der Waals surface area contributed by atoms with E-state index in [9.17, 15) is 9.59 Å². The van der Waals surface area contributed by atoms with Gasteiger partial charge >= 0.3 is 5.97 Å². The number of hydrogen-bond donors (Lipinski definition) is 1. The Bertz CT molecular complexity index is 1250. The number of nitrogens with zero attached hydrogens (tertiary/aromatic N) is 1. The number of carbonyl (C=O) groups is 1. The number of halogens is 1. The molecule has 3 unspecified atom stereocenters. The summed E-state index contributed by atoms with van der Waals surface area (Å²) in [6.07, 6.45) is 5.05. The van der Waals surface area contributed by atoms with Crippen LogP contribution < -0.4 is 5.56 Å². The minimum Gasteiger partial charge on any atom is -0.454 e. The Balaban J connectivity index is 1.27. The Hall–Kier alpha value is -2.18. The fourth-order valence-corrected chi connectivity index (χ4v) is 8.37. The molecule has 3 atom stereocenters. The number of H-pyrrole nitrogens is 1. The van der Waals surface area contributed by atoms with Crippen molar-refractivity contribution in [1.29, 1.82) is 0 Å². The highest BCUT2D eigenvalue weighted by Crippen LogP contribution is 2.64. The maximum atomic E-state index is 13.4. The van der Waals surface area contributed by atoms with Gasteiger partial charge in [-0.1, -0.05) is 30.3 Å². The Morgan fingerprint density at radius 2 is 1.94 bits per heavy atom. The normalized spacial score (nSPS) is 31.7. The van der Waals surface area contributed by atoms with Crippen LogP contribution in [0.2, 0.25) is 0 Å². The van der Waals surface area contributed by atoms with Gasteiger partial charge in [0.25, 0.3) is 5.56 Å². The van der Waals surface area contributed by atoms with Crippen molar-refractivity contribution in [1.82, 2.24) is 9.97 Å². The number of hydrogen-bond acceptors (Lipinski definition) is 5. The monoisotopic (exact) mass is 468 g/mol. The number of nitrogens with one attached hydrogen (secondary N) is 1. The zero-order chi connectivity index (χ0) is 22.1. The van der Waals surface area contributed by atoms with Crippen molar-refractivity contribution < 1.29 is 9.53 Å². The molecule has 4 bridgehead atoms. The second kappa shape index (κ2) is 7.16. The number of fused-ring (bicyclic) bond motifs is 1. The van der Waals surface area contributed by atoms with Crippen molar-refractivity contribution >= 4 is 39.1 Å². The van der Waals surface area contributed by atoms with Gasteiger partial charge in [-0.2, -0.15) is 0 Å². The number of alkyl halides is 1. The van der Waals surface area contributed by atoms with Crippen molar-refractivity contribution in [3.05, 3.63) is 51.9 Å². The van der Waals surface area contributed by atoms with Crippen LogP contribution in [0.1, 0.15) is 57.4 Å². The van der Waals surface area contributed by atoms with Gasteiger partial charge in [0, 0.05) is 15.8 Å². The van der Waals surface area contributed by atoms with Gasteiger partial charge in [0.1, 0.15) is 4.83 Å². The van der Waals surface area contributed by atoms with Gasteiger partial charge in [0.2, 0.25) is 0 Å². The third-order valence-electron chi connectivity index (χ3n) is 7.64. The second-order valence-corrected chi connectivity index (χ2v) is 11.7. The molecule has 4 fully saturated rings. The summed E-state index contributed by atoms with van der Waals surface area (Å²) in [7, 11) is 0. The van der Waals surface area contributed by atoms with Crippen molar-refractivity contribution in [2.45, 2.75) is 56.4 Å². The number of benzene rings is 1. The van der Waals surface area contributed by atoms with Crippen LogP contribution in [0, 0.1) is 17.3 Å². The lowest BCUT2D eigenvalue weighted by atomic mass is 9.49. The zero-order valence-electron chi connectivity index (χ0n) is 17.9. The third-order valence-corrected chi connectivity index (χ3v) is 8.95. The van der Waals surface area contributed by atoms with Crippen LogP contribution in [0.4, 0.5) is 0 Å². The van der Waals surface area contributed by atoms with Gasteiger partial charge in [0.15, 0.2) is 11.9 Å². The first-order chi connectivity index (χ1) is 15.3. The number of thiophene rings is 1. The number of aromatic nitrogens is 2. The summed E-state index contributed by atoms with van der Waals surface area (Å²) < 4.78 is 5.94. The third kappa shape index (κ3) is 3.22. The lowest BCUT2D eigenvalue weighted by Gasteiger charge is -2.58. The SMILES string of the molecule is CC(OC(=O)C12CC3CC(CC(Cl)(C3)C1)C2)c1nc2scc(-c3ccccc3)c2c(=O)[nH]1. The summed E-state index contributed by atoms with van der Waals surface area (Å²) in [5, 5.41) is 2.53. The van der Waals surface area contributed by atoms with Gasteiger partial charge in [-0.15, -0.1) is 22.9 Å². The highest BCUT2D eigenvalue weighted by Gasteiger charge is 2.61. The van der Waals surface area contributed by atoms with Gasteiger partial charge in [-0.05, 0) is 62.8 Å². The van der Waals surface area contributed by atoms with Crippen LogP contribution in [0.25, 0.3) is 21.3 Å². The lowest BCUT2D eigenvalue weighted by Crippen LogP contribution is -2.56. The molecule has 0 spiro atoms. The quantitative estimate of drug-likeness (QED) is 0.386. The van der Waals surface area contributed by atoms with Crippen LogP contribution in [-0.2, 0) is 9.53 Å². The highest BCUT2D eigenvalue weighted by atomic mass is 35.5. The van der Waals surface area contributed by atoms with Gasteiger partial charge in [0.05, 0.1) is 10.8 Å². The van der Waals surface area contributed by atoms with Crippen LogP contribution in [0.5, 0.6) is 0 Å². The first-order valence-corrected chi connectivity index (χ1v) is 12.6. The number of rotatable bonds is 4. The number of esters is 1. The molecule has 5 nitrogen and oxygen atoms in total. The van der Waals surface area contributed by atoms with E-state index in [1.165, 1.54) is 17.8 Å². The highest BCUT2D eigenvalue weighted by molar-refractivity contribution is 7.17. The summed E-state index contributed by atoms with van der Waals surface area (Å²) in [5.74, 6) is 1.26. The van der Waals surface area contributed by atoms with Crippen molar-refractivity contribution in [3.63, 3.8) is 0 Å². The first-order valence-electron chi connectivity index (χ1n) is 11.3. The average molecular weight is 469 g/mol. The lowest BCUT2D eigenvalue weighted by molar-refractivity contribution is -0.175. The van der Waals surface area contributed by atoms with Gasteiger partial charge < -0.3 is 9.72 Å². The standard InChI is InChI=1S/C25H25ClN2O3S/c1-14(31-23(30)24-8-15-7-16(9-24)11-25(26,10-15)13-24)20-27-21(29)19-18(12-32-22(19)28-20)17-5-3-2-4-6-17/h2-6,12,14-16H,7-11,13H2,1H3,(H,27,28,29). The molecular weight excluding hydrogens is 444 g/mol. The minimum absolute atomic E-state index is 0.178. The van der Waals surface area contributed by atoms with Crippen LogP contribution in [0.15, 0.2) is 40.5 Å². The molecule has 2 aromatic heterocycles. The molecular formula is C25H25ClN2O3S. The second-order valence-electron chi connectivity index (χ2n) is 10.1. The average Bonchev–Trinajstić information content (AvgIpc) is 3.17. The molecule has 4 saturated carbocycles. The topological polar surface area (TPSA) is 72.0 Å². The molecule has 4 aliphatic carbocycles. The molecule has 0 saturated heterocycles. The summed E-state index contributed by atoms with van der Waals surface area (Å²) in [5.41, 5.74) is 1.17. The van der Waals surface area contributed by atoms with Gasteiger partial charge in [-0.25, -0.2) is 4.98 Å². The minimum atomic E-state index is -0.624. The molecule has 1 aromatic carbocycles. The molecule has 0 aliphatic heterocycles. The van der Waals surface area contributed by atoms with Crippen LogP contribution in [-0.4, -0.2) is 20.8 Å². The number of ether oxygens (including phenoxy) is 1. The molecule has 3 aromatic rings. The maximum absolute atomic E-state index is 13.4. The molecule has 32 heavy (non-hydrogen) atoms. The fraction of sp³-hybridized carbons (Fsp3) is 0.480. The Kier molecular flexibility index (Phi) is 4.57. The van der Waals surface area contributed by atoms with Crippen LogP contribution >= 0.6 is 22.9 Å². The summed E-state index contributed by atoms with van der Waals surface area (Å²) in [4.78, 5) is 34.3. The van der Waals surface area contributed by atoms with Crippen LogP contribution in [0.3, 0.4) is 0 Å². The number of carbonyl (C=O) groups excluding carboxylic acids is 1. The van der Waals surface area contributed by atoms with Crippen molar-refractivity contribution in [2.75, 3.05) is 0 Å². The molecule has 1 N–H and O–H groups in total. The molecule has 7 rings (SSSR count). The molecule has 166 valence electrons. The van der Waals surface area contributed by atoms with E-state index in [1.54, 1.807) is 6.92 Å². The number of aromatic amines is 1. The van der Waals surface area contributed by atoms with E-state index in [1.807, 2.05) is 35.7 Å². The predicted octanol–water partition coefficient (Wildman–Crippen LogP) is 5.83. The van der Waals surface area contributed by atoms with E-state index in [-0.39, 0.29) is 16.4 Å². The fourth-order valence-electron chi connectivity index (χ4n) is 6.72. The summed E-state index contributed by atoms with van der Waals surface area (Å²) >= 11 is 8.32. The van der Waals surface area contributed by atoms with Crippen molar-refractivity contribution in [3.8, 4) is 11.1 Å². The molecule has 0 amide bonds. The molecule has 0 radical (unpaired) electrons. The maximum Gasteiger partial charge on any atom is 0.312 e. The first kappa shape index (κ1) is 20.4. The van der Waals surface area contributed by atoms with E-state index in [0.717, 1.165) is 36.8 Å². The smallest absolute Gasteiger partial charge is 0.312 e. The predicted molar refractivity (Wildman–Crippen MR) is 126 cm³/mol. The Labute approximate surface area is 195 Å². The van der Waals surface area contributed by atoms with E-state index < -0.39 is 11.5 Å².